The maximum atomic E-state index is 9.10. The number of hydrogen-bond acceptors (Lipinski definition) is 4. The molecule has 2 N–H and O–H groups in total. The van der Waals surface area contributed by atoms with Gasteiger partial charge in [-0.05, 0) is 37.3 Å². The second-order valence-electron chi connectivity index (χ2n) is 5.82. The number of rotatable bonds is 3. The Morgan fingerprint density at radius 3 is 2.81 bits per heavy atom. The van der Waals surface area contributed by atoms with Crippen LogP contribution < -0.4 is 5.73 Å². The van der Waals surface area contributed by atoms with Crippen LogP contribution in [0.1, 0.15) is 37.7 Å². The molecule has 0 spiro atoms. The molecule has 5 heteroatoms. The van der Waals surface area contributed by atoms with Crippen molar-refractivity contribution in [1.82, 2.24) is 9.55 Å². The summed E-state index contributed by atoms with van der Waals surface area (Å²) in [4.78, 5) is 4.44. The number of nitriles is 1. The summed E-state index contributed by atoms with van der Waals surface area (Å²) in [6, 6.07) is 7.77. The van der Waals surface area contributed by atoms with Crippen LogP contribution in [0.2, 0.25) is 0 Å². The Morgan fingerprint density at radius 2 is 2.14 bits per heavy atom. The lowest BCUT2D eigenvalue weighted by atomic mass is 9.88. The van der Waals surface area contributed by atoms with Gasteiger partial charge in [0.05, 0.1) is 22.7 Å². The highest BCUT2D eigenvalue weighted by Gasteiger charge is 2.32. The van der Waals surface area contributed by atoms with Crippen molar-refractivity contribution >= 4 is 28.7 Å². The highest BCUT2D eigenvalue weighted by atomic mass is 32.2. The highest BCUT2D eigenvalue weighted by molar-refractivity contribution is 8.00. The summed E-state index contributed by atoms with van der Waals surface area (Å²) >= 11 is 1.95. The van der Waals surface area contributed by atoms with E-state index in [1.165, 1.54) is 32.1 Å². The lowest BCUT2D eigenvalue weighted by Gasteiger charge is -2.36. The second kappa shape index (κ2) is 5.61. The Hall–Kier alpha value is -1.67. The topological polar surface area (TPSA) is 67.6 Å². The first kappa shape index (κ1) is 14.3. The minimum atomic E-state index is 0.253. The Kier molecular flexibility index (Phi) is 3.81. The molecule has 4 nitrogen and oxygen atoms in total. The van der Waals surface area contributed by atoms with Crippen molar-refractivity contribution in [3.05, 3.63) is 23.8 Å². The van der Waals surface area contributed by atoms with Gasteiger partial charge in [0.15, 0.2) is 0 Å². The molecule has 0 saturated heterocycles. The van der Waals surface area contributed by atoms with Crippen molar-refractivity contribution in [1.29, 1.82) is 5.26 Å². The zero-order chi connectivity index (χ0) is 14.9. The minimum Gasteiger partial charge on any atom is -0.369 e. The highest BCUT2D eigenvalue weighted by Crippen LogP contribution is 2.41. The Labute approximate surface area is 129 Å². The fourth-order valence-corrected chi connectivity index (χ4v) is 4.24. The molecule has 1 aliphatic rings. The van der Waals surface area contributed by atoms with E-state index in [4.69, 9.17) is 11.0 Å². The summed E-state index contributed by atoms with van der Waals surface area (Å²) in [5.74, 6) is 0.555. The molecule has 2 aromatic rings. The summed E-state index contributed by atoms with van der Waals surface area (Å²) in [5.41, 5.74) is 8.64. The molecule has 1 aromatic carbocycles. The summed E-state index contributed by atoms with van der Waals surface area (Å²) in [7, 11) is 0. The first-order chi connectivity index (χ1) is 10.2. The molecule has 0 unspecified atom stereocenters. The van der Waals surface area contributed by atoms with E-state index in [1.807, 2.05) is 23.9 Å². The fourth-order valence-electron chi connectivity index (χ4n) is 3.29. The van der Waals surface area contributed by atoms with Gasteiger partial charge in [-0.25, -0.2) is 4.98 Å². The first-order valence-corrected chi connectivity index (χ1v) is 8.61. The third-order valence-electron chi connectivity index (χ3n) is 4.55. The van der Waals surface area contributed by atoms with Gasteiger partial charge in [0.1, 0.15) is 0 Å². The van der Waals surface area contributed by atoms with E-state index < -0.39 is 0 Å². The van der Waals surface area contributed by atoms with E-state index in [0.29, 0.717) is 11.5 Å². The van der Waals surface area contributed by atoms with E-state index in [1.54, 1.807) is 6.07 Å². The molecule has 0 atom stereocenters. The zero-order valence-electron chi connectivity index (χ0n) is 12.3. The number of aromatic nitrogens is 2. The van der Waals surface area contributed by atoms with Crippen molar-refractivity contribution < 1.29 is 0 Å². The third-order valence-corrected chi connectivity index (χ3v) is 5.95. The van der Waals surface area contributed by atoms with Crippen LogP contribution in [0.25, 0.3) is 11.0 Å². The number of benzene rings is 1. The van der Waals surface area contributed by atoms with Gasteiger partial charge in [-0.15, -0.1) is 0 Å². The maximum absolute atomic E-state index is 9.10. The summed E-state index contributed by atoms with van der Waals surface area (Å²) < 4.78 is 2.35. The van der Waals surface area contributed by atoms with E-state index in [2.05, 4.69) is 21.9 Å². The van der Waals surface area contributed by atoms with Crippen molar-refractivity contribution in [2.45, 2.75) is 43.4 Å². The molecular formula is C16H20N4S. The molecule has 1 aliphatic carbocycles. The van der Waals surface area contributed by atoms with Gasteiger partial charge in [0.25, 0.3) is 0 Å². The van der Waals surface area contributed by atoms with Crippen molar-refractivity contribution in [3.8, 4) is 6.07 Å². The lowest BCUT2D eigenvalue weighted by Crippen LogP contribution is -2.33. The largest absolute Gasteiger partial charge is 0.369 e. The number of anilines is 1. The first-order valence-electron chi connectivity index (χ1n) is 7.38. The smallest absolute Gasteiger partial charge is 0.201 e. The molecular weight excluding hydrogens is 280 g/mol. The molecule has 1 saturated carbocycles. The normalized spacial score (nSPS) is 17.7. The number of nitrogen functional groups attached to an aromatic ring is 1. The number of nitrogens with two attached hydrogens (primary N) is 1. The van der Waals surface area contributed by atoms with E-state index in [0.717, 1.165) is 17.6 Å². The van der Waals surface area contributed by atoms with Crippen LogP contribution in [0.5, 0.6) is 0 Å². The minimum absolute atomic E-state index is 0.253. The molecule has 1 fully saturated rings. The van der Waals surface area contributed by atoms with Crippen LogP contribution in [-0.4, -0.2) is 20.6 Å². The van der Waals surface area contributed by atoms with Gasteiger partial charge in [-0.3, -0.25) is 0 Å². The van der Waals surface area contributed by atoms with Crippen LogP contribution in [-0.2, 0) is 6.54 Å². The van der Waals surface area contributed by atoms with Gasteiger partial charge in [0.2, 0.25) is 5.95 Å². The Balaban J connectivity index is 2.03. The quantitative estimate of drug-likeness (QED) is 0.941. The number of imidazole rings is 1. The molecule has 0 bridgehead atoms. The predicted octanol–water partition coefficient (Wildman–Crippen LogP) is 3.56. The molecule has 110 valence electrons. The maximum Gasteiger partial charge on any atom is 0.201 e. The van der Waals surface area contributed by atoms with Crippen molar-refractivity contribution in [2.75, 3.05) is 12.0 Å². The van der Waals surface area contributed by atoms with Gasteiger partial charge in [-0.1, -0.05) is 19.3 Å². The van der Waals surface area contributed by atoms with E-state index >= 15 is 0 Å². The number of nitrogens with zero attached hydrogens (tertiary/aromatic N) is 3. The number of hydrogen-bond donors (Lipinski definition) is 1. The molecule has 0 amide bonds. The fraction of sp³-hybridized carbons (Fsp3) is 0.500. The van der Waals surface area contributed by atoms with E-state index in [-0.39, 0.29) is 4.75 Å². The van der Waals surface area contributed by atoms with Gasteiger partial charge < -0.3 is 10.3 Å². The molecule has 1 aromatic heterocycles. The second-order valence-corrected chi connectivity index (χ2v) is 7.09. The van der Waals surface area contributed by atoms with Gasteiger partial charge >= 0.3 is 0 Å². The molecule has 1 heterocycles. The average molecular weight is 300 g/mol. The zero-order valence-corrected chi connectivity index (χ0v) is 13.1. The average Bonchev–Trinajstić information content (AvgIpc) is 2.83. The van der Waals surface area contributed by atoms with Crippen molar-refractivity contribution in [3.63, 3.8) is 0 Å². The summed E-state index contributed by atoms with van der Waals surface area (Å²) in [5, 5.41) is 9.10. The third kappa shape index (κ3) is 2.60. The molecule has 21 heavy (non-hydrogen) atoms. The van der Waals surface area contributed by atoms with Crippen molar-refractivity contribution in [2.24, 2.45) is 0 Å². The standard InChI is InChI=1S/C16H20N4S/c1-21-16(7-3-2-4-8-16)11-20-14-9-12(10-17)5-6-13(14)19-15(20)18/h5-6,9H,2-4,7-8,11H2,1H3,(H2,18,19). The van der Waals surface area contributed by atoms with Crippen LogP contribution >= 0.6 is 11.8 Å². The van der Waals surface area contributed by atoms with Gasteiger partial charge in [-0.2, -0.15) is 17.0 Å². The van der Waals surface area contributed by atoms with E-state index in [9.17, 15) is 0 Å². The Morgan fingerprint density at radius 1 is 1.38 bits per heavy atom. The Bertz CT molecular complexity index is 692. The van der Waals surface area contributed by atoms with Crippen LogP contribution in [0.4, 0.5) is 5.95 Å². The lowest BCUT2D eigenvalue weighted by molar-refractivity contribution is 0.363. The number of fused-ring (bicyclic) bond motifs is 1. The SMILES string of the molecule is CSC1(Cn2c(N)nc3ccc(C#N)cc32)CCCCC1. The summed E-state index contributed by atoms with van der Waals surface area (Å²) in [6.45, 7) is 0.880. The van der Waals surface area contributed by atoms with Crippen LogP contribution in [0, 0.1) is 11.3 Å². The van der Waals surface area contributed by atoms with Crippen LogP contribution in [0.15, 0.2) is 18.2 Å². The monoisotopic (exact) mass is 300 g/mol. The van der Waals surface area contributed by atoms with Gasteiger partial charge in [0, 0.05) is 11.3 Å². The van der Waals surface area contributed by atoms with Crippen LogP contribution in [0.3, 0.4) is 0 Å². The number of thioether (sulfide) groups is 1. The molecule has 0 aliphatic heterocycles. The molecule has 3 rings (SSSR count). The summed E-state index contributed by atoms with van der Waals surface area (Å²) in [6.07, 6.45) is 8.56. The molecule has 0 radical (unpaired) electrons. The predicted molar refractivity (Wildman–Crippen MR) is 88.2 cm³/mol.